The Morgan fingerprint density at radius 2 is 1.56 bits per heavy atom. The van der Waals surface area contributed by atoms with E-state index in [1.165, 1.54) is 5.56 Å². The summed E-state index contributed by atoms with van der Waals surface area (Å²) in [5.74, 6) is -1.34. The van der Waals surface area contributed by atoms with Gasteiger partial charge in [0.05, 0.1) is 12.2 Å². The number of hydrogen-bond donors (Lipinski definition) is 3. The van der Waals surface area contributed by atoms with Gasteiger partial charge in [-0.25, -0.2) is 0 Å². The minimum atomic E-state index is -0.444. The highest BCUT2D eigenvalue weighted by molar-refractivity contribution is 6.41. The molecule has 0 saturated heterocycles. The molecule has 0 amide bonds. The summed E-state index contributed by atoms with van der Waals surface area (Å²) in [6.45, 7) is 0.0154. The summed E-state index contributed by atoms with van der Waals surface area (Å²) in [5.41, 5.74) is 5.36. The number of hydrogen-bond acceptors (Lipinski definition) is 6. The van der Waals surface area contributed by atoms with Crippen molar-refractivity contribution >= 4 is 29.0 Å². The van der Waals surface area contributed by atoms with Crippen molar-refractivity contribution in [2.45, 2.75) is 37.8 Å². The average Bonchev–Trinajstić information content (AvgIpc) is 3.49. The Morgan fingerprint density at radius 3 is 2.21 bits per heavy atom. The second kappa shape index (κ2) is 7.57. The maximum absolute atomic E-state index is 12.9. The standard InChI is InChI=1S/C28H23NO5/c30-14-15-4-7-17(8-5-15)29-23-3-1-2-18(23)19-10-16(6-9-24(19)29)11-22-27(33)20-12-25(31)26(32)13-21(20)28(22)34/h4-13,18,23,30-32H,1-3,14H2. The Hall–Kier alpha value is -3.90. The first-order valence-corrected chi connectivity index (χ1v) is 11.5. The quantitative estimate of drug-likeness (QED) is 0.298. The molecule has 3 aromatic rings. The van der Waals surface area contributed by atoms with E-state index in [2.05, 4.69) is 17.0 Å². The third-order valence-electron chi connectivity index (χ3n) is 7.32. The smallest absolute Gasteiger partial charge is 0.197 e. The lowest BCUT2D eigenvalue weighted by Crippen LogP contribution is -2.26. The fourth-order valence-corrected chi connectivity index (χ4v) is 5.71. The first kappa shape index (κ1) is 20.7. The number of fused-ring (bicyclic) bond motifs is 4. The molecule has 0 bridgehead atoms. The molecule has 3 N–H and O–H groups in total. The van der Waals surface area contributed by atoms with Gasteiger partial charge in [0.1, 0.15) is 0 Å². The number of rotatable bonds is 3. The number of aromatic hydroxyl groups is 2. The summed E-state index contributed by atoms with van der Waals surface area (Å²) in [4.78, 5) is 28.1. The Balaban J connectivity index is 1.39. The van der Waals surface area contributed by atoms with Crippen molar-refractivity contribution in [1.29, 1.82) is 0 Å². The van der Waals surface area contributed by atoms with Gasteiger partial charge in [0.25, 0.3) is 0 Å². The molecule has 0 radical (unpaired) electrons. The Morgan fingerprint density at radius 1 is 0.882 bits per heavy atom. The van der Waals surface area contributed by atoms with Gasteiger partial charge in [-0.1, -0.05) is 24.6 Å². The molecular formula is C28H23NO5. The molecule has 0 spiro atoms. The number of carbonyl (C=O) groups is 2. The number of ketones is 2. The molecule has 2 unspecified atom stereocenters. The number of carbonyl (C=O) groups excluding carboxylic acids is 2. The van der Waals surface area contributed by atoms with Crippen molar-refractivity contribution in [2.75, 3.05) is 4.90 Å². The van der Waals surface area contributed by atoms with Crippen LogP contribution in [0, 0.1) is 0 Å². The second-order valence-electron chi connectivity index (χ2n) is 9.22. The van der Waals surface area contributed by atoms with Crippen LogP contribution < -0.4 is 4.90 Å². The van der Waals surface area contributed by atoms with Gasteiger partial charge in [0.15, 0.2) is 23.1 Å². The maximum atomic E-state index is 12.9. The molecule has 3 aliphatic rings. The second-order valence-corrected chi connectivity index (χ2v) is 9.22. The first-order chi connectivity index (χ1) is 16.5. The predicted octanol–water partition coefficient (Wildman–Crippen LogP) is 4.84. The fourth-order valence-electron chi connectivity index (χ4n) is 5.71. The summed E-state index contributed by atoms with van der Waals surface area (Å²) in [7, 11) is 0. The van der Waals surface area contributed by atoms with Gasteiger partial charge in [-0.3, -0.25) is 9.59 Å². The van der Waals surface area contributed by atoms with E-state index < -0.39 is 23.1 Å². The summed E-state index contributed by atoms with van der Waals surface area (Å²) in [5, 5.41) is 28.9. The zero-order valence-corrected chi connectivity index (χ0v) is 18.4. The van der Waals surface area contributed by atoms with Crippen LogP contribution in [0.25, 0.3) is 6.08 Å². The highest BCUT2D eigenvalue weighted by Gasteiger charge is 2.42. The number of aliphatic hydroxyl groups excluding tert-OH is 1. The van der Waals surface area contributed by atoms with Gasteiger partial charge in [0, 0.05) is 34.5 Å². The number of nitrogens with zero attached hydrogens (tertiary/aromatic N) is 1. The topological polar surface area (TPSA) is 98.1 Å². The normalized spacial score (nSPS) is 20.5. The van der Waals surface area contributed by atoms with E-state index >= 15 is 0 Å². The molecule has 170 valence electrons. The number of anilines is 2. The van der Waals surface area contributed by atoms with Crippen LogP contribution in [0.1, 0.15) is 62.6 Å². The number of benzene rings is 3. The van der Waals surface area contributed by atoms with Crippen molar-refractivity contribution in [1.82, 2.24) is 0 Å². The molecule has 2 aliphatic carbocycles. The Labute approximate surface area is 196 Å². The molecule has 1 saturated carbocycles. The zero-order chi connectivity index (χ0) is 23.6. The Bertz CT molecular complexity index is 1350. The van der Waals surface area contributed by atoms with Crippen LogP contribution in [0.2, 0.25) is 0 Å². The molecule has 1 fully saturated rings. The lowest BCUT2D eigenvalue weighted by Gasteiger charge is -2.27. The number of aliphatic hydroxyl groups is 1. The van der Waals surface area contributed by atoms with Gasteiger partial charge < -0.3 is 20.2 Å². The molecule has 34 heavy (non-hydrogen) atoms. The van der Waals surface area contributed by atoms with E-state index in [0.29, 0.717) is 12.0 Å². The van der Waals surface area contributed by atoms with Crippen LogP contribution in [0.5, 0.6) is 11.5 Å². The maximum Gasteiger partial charge on any atom is 0.197 e. The van der Waals surface area contributed by atoms with E-state index in [-0.39, 0.29) is 23.3 Å². The van der Waals surface area contributed by atoms with Crippen LogP contribution in [0.15, 0.2) is 60.2 Å². The van der Waals surface area contributed by atoms with Crippen molar-refractivity contribution in [3.63, 3.8) is 0 Å². The molecule has 0 aromatic heterocycles. The fraction of sp³-hybridized carbons (Fsp3) is 0.214. The highest BCUT2D eigenvalue weighted by Crippen LogP contribution is 2.52. The van der Waals surface area contributed by atoms with Gasteiger partial charge in [-0.05, 0) is 72.0 Å². The van der Waals surface area contributed by atoms with E-state index in [1.54, 1.807) is 6.08 Å². The third kappa shape index (κ3) is 2.99. The molecule has 1 heterocycles. The molecule has 6 heteroatoms. The van der Waals surface area contributed by atoms with Gasteiger partial charge >= 0.3 is 0 Å². The minimum absolute atomic E-state index is 0.0154. The number of phenolic OH excluding ortho intramolecular Hbond substituents is 2. The highest BCUT2D eigenvalue weighted by atomic mass is 16.3. The van der Waals surface area contributed by atoms with Crippen molar-refractivity contribution < 1.29 is 24.9 Å². The van der Waals surface area contributed by atoms with E-state index in [0.717, 1.165) is 53.9 Å². The Kier molecular flexibility index (Phi) is 4.61. The van der Waals surface area contributed by atoms with Crippen molar-refractivity contribution in [3.8, 4) is 11.5 Å². The van der Waals surface area contributed by atoms with Crippen molar-refractivity contribution in [3.05, 3.63) is 88.0 Å². The number of allylic oxidation sites excluding steroid dienone is 1. The number of Topliss-reactive ketones (excluding diaryl/α,β-unsaturated/α-hetero) is 2. The summed E-state index contributed by atoms with van der Waals surface area (Å²) in [6, 6.07) is 16.7. The summed E-state index contributed by atoms with van der Waals surface area (Å²) >= 11 is 0. The molecule has 1 aliphatic heterocycles. The van der Waals surface area contributed by atoms with Crippen LogP contribution in [-0.4, -0.2) is 32.9 Å². The van der Waals surface area contributed by atoms with Gasteiger partial charge in [0.2, 0.25) is 0 Å². The van der Waals surface area contributed by atoms with E-state index in [1.807, 2.05) is 30.3 Å². The lowest BCUT2D eigenvalue weighted by atomic mass is 9.95. The van der Waals surface area contributed by atoms with Crippen LogP contribution in [0.4, 0.5) is 11.4 Å². The third-order valence-corrected chi connectivity index (χ3v) is 7.32. The lowest BCUT2D eigenvalue weighted by molar-refractivity contribution is 0.0990. The van der Waals surface area contributed by atoms with Gasteiger partial charge in [-0.15, -0.1) is 0 Å². The molecule has 6 rings (SSSR count). The van der Waals surface area contributed by atoms with Crippen LogP contribution >= 0.6 is 0 Å². The van der Waals surface area contributed by atoms with E-state index in [9.17, 15) is 24.9 Å². The van der Waals surface area contributed by atoms with Crippen LogP contribution in [0.3, 0.4) is 0 Å². The number of phenols is 2. The largest absolute Gasteiger partial charge is 0.504 e. The SMILES string of the molecule is O=C1C(=Cc2ccc3c(c2)C2CCCC2N3c2ccc(CO)cc2)C(=O)c2cc(O)c(O)cc21. The molecule has 3 aromatic carbocycles. The first-order valence-electron chi connectivity index (χ1n) is 11.5. The molecule has 2 atom stereocenters. The summed E-state index contributed by atoms with van der Waals surface area (Å²) < 4.78 is 0. The summed E-state index contributed by atoms with van der Waals surface area (Å²) in [6.07, 6.45) is 4.94. The average molecular weight is 453 g/mol. The minimum Gasteiger partial charge on any atom is -0.504 e. The molecule has 6 nitrogen and oxygen atoms in total. The van der Waals surface area contributed by atoms with Gasteiger partial charge in [-0.2, -0.15) is 0 Å². The zero-order valence-electron chi connectivity index (χ0n) is 18.4. The monoisotopic (exact) mass is 453 g/mol. The predicted molar refractivity (Wildman–Crippen MR) is 128 cm³/mol. The van der Waals surface area contributed by atoms with Crippen LogP contribution in [-0.2, 0) is 6.61 Å². The molecular weight excluding hydrogens is 430 g/mol. The van der Waals surface area contributed by atoms with Crippen molar-refractivity contribution in [2.24, 2.45) is 0 Å². The van der Waals surface area contributed by atoms with E-state index in [4.69, 9.17) is 0 Å².